The predicted molar refractivity (Wildman–Crippen MR) is 178 cm³/mol. The van der Waals surface area contributed by atoms with E-state index in [2.05, 4.69) is 65.8 Å². The predicted octanol–water partition coefficient (Wildman–Crippen LogP) is 7.14. The van der Waals surface area contributed by atoms with Gasteiger partial charge in [-0.15, -0.1) is 0 Å². The lowest BCUT2D eigenvalue weighted by Gasteiger charge is -2.12. The van der Waals surface area contributed by atoms with Crippen molar-refractivity contribution in [3.8, 4) is 11.4 Å². The molecule has 4 aromatic rings. The zero-order valence-corrected chi connectivity index (χ0v) is 24.5. The van der Waals surface area contributed by atoms with Crippen LogP contribution in [0.3, 0.4) is 0 Å². The topological polar surface area (TPSA) is 69.4 Å². The summed E-state index contributed by atoms with van der Waals surface area (Å²) < 4.78 is 0. The third-order valence-electron chi connectivity index (χ3n) is 6.89. The average Bonchev–Trinajstić information content (AvgIpc) is 3.60. The molecule has 3 aromatic heterocycles. The molecule has 0 fully saturated rings. The minimum absolute atomic E-state index is 0.792. The van der Waals surface area contributed by atoms with Crippen molar-refractivity contribution in [2.75, 3.05) is 0 Å². The van der Waals surface area contributed by atoms with Crippen molar-refractivity contribution in [2.24, 2.45) is 0 Å². The fourth-order valence-electron chi connectivity index (χ4n) is 4.70. The maximum atomic E-state index is 4.69. The van der Waals surface area contributed by atoms with Crippen molar-refractivity contribution >= 4 is 23.4 Å². The third-order valence-corrected chi connectivity index (χ3v) is 6.89. The van der Waals surface area contributed by atoms with E-state index in [0.29, 0.717) is 0 Å². The minimum atomic E-state index is 0.792. The second-order valence-electron chi connectivity index (χ2n) is 9.65. The summed E-state index contributed by atoms with van der Waals surface area (Å²) in [5, 5.41) is 13.1. The first-order valence-corrected chi connectivity index (χ1v) is 13.8. The summed E-state index contributed by atoms with van der Waals surface area (Å²) in [6.45, 7) is 22.5. The number of hydrogen-bond acceptors (Lipinski definition) is 3. The number of nitrogens with one attached hydrogen (secondary N) is 3. The minimum Gasteiger partial charge on any atom is -0.357 e. The van der Waals surface area contributed by atoms with E-state index in [0.717, 1.165) is 72.5 Å². The number of aromatic nitrogens is 4. The zero-order chi connectivity index (χ0) is 30.1. The van der Waals surface area contributed by atoms with Gasteiger partial charge in [0.2, 0.25) is 0 Å². The summed E-state index contributed by atoms with van der Waals surface area (Å²) in [5.74, 6) is 0. The van der Waals surface area contributed by atoms with E-state index in [1.54, 1.807) is 18.3 Å². The molecule has 0 bridgehead atoms. The Bertz CT molecular complexity index is 1820. The lowest BCUT2D eigenvalue weighted by atomic mass is 9.98. The molecular formula is C37H37N5. The van der Waals surface area contributed by atoms with Crippen LogP contribution in [0.25, 0.3) is 34.8 Å². The highest BCUT2D eigenvalue weighted by atomic mass is 15.1. The molecule has 0 aliphatic carbocycles. The van der Waals surface area contributed by atoms with Crippen LogP contribution in [-0.2, 0) is 0 Å². The maximum Gasteiger partial charge on any atom is 0.116 e. The molecule has 0 aliphatic heterocycles. The number of pyridine rings is 1. The number of nitrogens with zero attached hydrogens (tertiary/aromatic N) is 2. The van der Waals surface area contributed by atoms with E-state index in [1.165, 1.54) is 0 Å². The Hall–Kier alpha value is -5.42. The van der Waals surface area contributed by atoms with Gasteiger partial charge in [-0.05, 0) is 73.4 Å². The molecule has 210 valence electrons. The molecule has 0 saturated heterocycles. The number of benzene rings is 1. The van der Waals surface area contributed by atoms with Gasteiger partial charge < -0.3 is 10.3 Å². The van der Waals surface area contributed by atoms with Gasteiger partial charge in [-0.1, -0.05) is 87.0 Å². The van der Waals surface area contributed by atoms with Gasteiger partial charge in [-0.3, -0.25) is 10.1 Å². The molecule has 1 aromatic carbocycles. The molecule has 0 atom stereocenters. The van der Waals surface area contributed by atoms with Crippen molar-refractivity contribution < 1.29 is 0 Å². The van der Waals surface area contributed by atoms with Crippen LogP contribution in [0.5, 0.6) is 0 Å². The van der Waals surface area contributed by atoms with E-state index in [4.69, 9.17) is 5.10 Å². The van der Waals surface area contributed by atoms with Crippen molar-refractivity contribution in [1.82, 2.24) is 25.5 Å². The number of H-pyrrole nitrogens is 2. The Morgan fingerprint density at radius 1 is 1.00 bits per heavy atom. The molecule has 0 radical (unpaired) electrons. The molecule has 42 heavy (non-hydrogen) atoms. The molecule has 0 saturated carbocycles. The smallest absolute Gasteiger partial charge is 0.116 e. The third kappa shape index (κ3) is 6.65. The molecule has 3 heterocycles. The molecule has 5 heteroatoms. The van der Waals surface area contributed by atoms with Gasteiger partial charge in [0.05, 0.1) is 11.0 Å². The van der Waals surface area contributed by atoms with Crippen LogP contribution in [-0.4, -0.2) is 20.2 Å². The number of aryl methyl sites for hydroxylation is 1. The van der Waals surface area contributed by atoms with E-state index >= 15 is 0 Å². The highest BCUT2D eigenvalue weighted by Gasteiger charge is 2.15. The summed E-state index contributed by atoms with van der Waals surface area (Å²) in [6, 6.07) is 16.1. The number of allylic oxidation sites excluding steroid dienone is 7. The highest BCUT2D eigenvalue weighted by Crippen LogP contribution is 2.29. The Balaban J connectivity index is 1.71. The van der Waals surface area contributed by atoms with Gasteiger partial charge in [0.15, 0.2) is 0 Å². The fraction of sp³-hybridized carbons (Fsp3) is 0.0811. The molecular weight excluding hydrogens is 514 g/mol. The zero-order valence-electron chi connectivity index (χ0n) is 24.5. The maximum absolute atomic E-state index is 4.69. The first-order chi connectivity index (χ1) is 20.4. The largest absolute Gasteiger partial charge is 0.357 e. The van der Waals surface area contributed by atoms with E-state index in [-0.39, 0.29) is 0 Å². The van der Waals surface area contributed by atoms with E-state index < -0.39 is 0 Å². The Morgan fingerprint density at radius 2 is 1.76 bits per heavy atom. The van der Waals surface area contributed by atoms with Crippen LogP contribution in [0, 0.1) is 6.92 Å². The van der Waals surface area contributed by atoms with E-state index in [9.17, 15) is 0 Å². The van der Waals surface area contributed by atoms with Crippen LogP contribution in [0.2, 0.25) is 0 Å². The van der Waals surface area contributed by atoms with Gasteiger partial charge in [0, 0.05) is 45.8 Å². The van der Waals surface area contributed by atoms with Crippen LogP contribution >= 0.6 is 0 Å². The van der Waals surface area contributed by atoms with Gasteiger partial charge in [0.1, 0.15) is 5.69 Å². The summed E-state index contributed by atoms with van der Waals surface area (Å²) in [5.41, 5.74) is 10.2. The first kappa shape index (κ1) is 29.6. The molecule has 0 unspecified atom stereocenters. The Kier molecular flexibility index (Phi) is 9.69. The summed E-state index contributed by atoms with van der Waals surface area (Å²) in [6.07, 6.45) is 17.3. The van der Waals surface area contributed by atoms with Crippen molar-refractivity contribution in [3.05, 3.63) is 167 Å². The van der Waals surface area contributed by atoms with E-state index in [1.807, 2.05) is 86.8 Å². The van der Waals surface area contributed by atoms with Crippen LogP contribution in [0.15, 0.2) is 134 Å². The quantitative estimate of drug-likeness (QED) is 0.174. The molecule has 4 rings (SSSR count). The summed E-state index contributed by atoms with van der Waals surface area (Å²) in [7, 11) is 0. The van der Waals surface area contributed by atoms with Crippen LogP contribution in [0.1, 0.15) is 36.2 Å². The second kappa shape index (κ2) is 13.8. The molecule has 0 spiro atoms. The molecule has 5 nitrogen and oxygen atoms in total. The standard InChI is InChI=1S/C37H37N5/c1-8-16-32(30-19-15-20-38-24-30)33-23-36(40-27(33)7)37-34(35(11-4)41-42-37)21-25(5)28(9-2)22-31(10-3)39-26(6)29-17-13-12-14-18-29/h8-24,39-41H,1,3,5-6H2,2,4,7H3/b28-9+,31-22+,32-16-,34-21+,35-11+. The molecule has 0 aliphatic rings. The normalized spacial score (nSPS) is 13.3. The first-order valence-electron chi connectivity index (χ1n) is 13.8. The summed E-state index contributed by atoms with van der Waals surface area (Å²) >= 11 is 0. The average molecular weight is 552 g/mol. The lowest BCUT2D eigenvalue weighted by molar-refractivity contribution is 1.06. The van der Waals surface area contributed by atoms with Crippen molar-refractivity contribution in [2.45, 2.75) is 20.8 Å². The summed E-state index contributed by atoms with van der Waals surface area (Å²) in [4.78, 5) is 7.85. The van der Waals surface area contributed by atoms with Crippen molar-refractivity contribution in [3.63, 3.8) is 0 Å². The number of rotatable bonds is 11. The van der Waals surface area contributed by atoms with Gasteiger partial charge in [-0.25, -0.2) is 0 Å². The Labute approximate surface area is 248 Å². The number of hydrogen-bond donors (Lipinski definition) is 3. The van der Waals surface area contributed by atoms with Gasteiger partial charge in [-0.2, -0.15) is 5.10 Å². The monoisotopic (exact) mass is 551 g/mol. The van der Waals surface area contributed by atoms with Crippen molar-refractivity contribution in [1.29, 1.82) is 0 Å². The fourth-order valence-corrected chi connectivity index (χ4v) is 4.70. The van der Waals surface area contributed by atoms with Gasteiger partial charge in [0.25, 0.3) is 0 Å². The van der Waals surface area contributed by atoms with Crippen LogP contribution < -0.4 is 15.9 Å². The SMILES string of the molecule is C=C/C=C(/c1cccnc1)c1cc(-c2n[nH]c(=C/C)/c2=C\C(=C)C(/C=C(\C=C)NC(=C)c2ccccc2)=C/C)[nH]c1C. The lowest BCUT2D eigenvalue weighted by Crippen LogP contribution is -2.23. The van der Waals surface area contributed by atoms with Gasteiger partial charge >= 0.3 is 0 Å². The Morgan fingerprint density at radius 3 is 2.40 bits per heavy atom. The molecule has 3 N–H and O–H groups in total. The molecule has 0 amide bonds. The van der Waals surface area contributed by atoms with Crippen LogP contribution in [0.4, 0.5) is 0 Å². The highest BCUT2D eigenvalue weighted by molar-refractivity contribution is 5.84. The second-order valence-corrected chi connectivity index (χ2v) is 9.65. The number of aromatic amines is 2.